The fraction of sp³-hybridized carbons (Fsp3) is 0.207. The molecule has 1 atom stereocenters. The standard InChI is InChI=1S/C29H27ClN8O2/c1-4-5-6-7-18(2)27(25-15-38(36-35-25)22-16-40-17-22)34-21-10-23-28(33-20-8-9-26(39)37(3)14-20)19(12-31)13-32-29(23)24(30)11-21/h4-11,13-15,22,27,34H,2,16-17H2,1,3H3,(H,32,33)/b5-4-,7-6-/t27-/m0/s1. The maximum atomic E-state index is 11.9. The first kappa shape index (κ1) is 26.9. The van der Waals surface area contributed by atoms with E-state index in [1.54, 1.807) is 25.4 Å². The lowest BCUT2D eigenvalue weighted by atomic mass is 10.0. The first-order chi connectivity index (χ1) is 19.4. The van der Waals surface area contributed by atoms with Crippen molar-refractivity contribution in [3.8, 4) is 6.07 Å². The van der Waals surface area contributed by atoms with E-state index >= 15 is 0 Å². The number of halogens is 1. The summed E-state index contributed by atoms with van der Waals surface area (Å²) in [7, 11) is 1.66. The number of rotatable bonds is 9. The van der Waals surface area contributed by atoms with E-state index in [4.69, 9.17) is 16.3 Å². The van der Waals surface area contributed by atoms with Gasteiger partial charge in [-0.15, -0.1) is 5.10 Å². The molecule has 1 saturated heterocycles. The molecule has 1 aromatic carbocycles. The molecule has 4 aromatic rings. The molecule has 0 aliphatic carbocycles. The number of fused-ring (bicyclic) bond motifs is 1. The second-order valence-corrected chi connectivity index (χ2v) is 9.76. The van der Waals surface area contributed by atoms with Crippen molar-refractivity contribution in [2.24, 2.45) is 7.05 Å². The van der Waals surface area contributed by atoms with Gasteiger partial charge in [0.1, 0.15) is 17.8 Å². The summed E-state index contributed by atoms with van der Waals surface area (Å²) in [4.78, 5) is 16.3. The highest BCUT2D eigenvalue weighted by atomic mass is 35.5. The number of nitriles is 1. The van der Waals surface area contributed by atoms with Crippen LogP contribution < -0.4 is 16.2 Å². The third-order valence-corrected chi connectivity index (χ3v) is 6.80. The minimum Gasteiger partial charge on any atom is -0.377 e. The van der Waals surface area contributed by atoms with E-state index in [0.29, 0.717) is 57.5 Å². The molecule has 1 fully saturated rings. The Balaban J connectivity index is 1.56. The van der Waals surface area contributed by atoms with Gasteiger partial charge >= 0.3 is 0 Å². The van der Waals surface area contributed by atoms with Crippen LogP contribution in [0.15, 0.2) is 84.1 Å². The van der Waals surface area contributed by atoms with E-state index < -0.39 is 6.04 Å². The van der Waals surface area contributed by atoms with Crippen LogP contribution in [0.1, 0.15) is 30.3 Å². The number of hydrogen-bond donors (Lipinski definition) is 2. The normalized spacial score (nSPS) is 14.3. The van der Waals surface area contributed by atoms with Crippen molar-refractivity contribution in [2.75, 3.05) is 23.8 Å². The molecule has 11 heteroatoms. The lowest BCUT2D eigenvalue weighted by molar-refractivity contribution is -0.0293. The molecule has 0 amide bonds. The zero-order chi connectivity index (χ0) is 28.2. The third-order valence-electron chi connectivity index (χ3n) is 6.51. The van der Waals surface area contributed by atoms with Gasteiger partial charge in [-0.2, -0.15) is 5.26 Å². The molecule has 0 radical (unpaired) electrons. The summed E-state index contributed by atoms with van der Waals surface area (Å²) in [6, 6.07) is 8.70. The van der Waals surface area contributed by atoms with Crippen LogP contribution in [0, 0.1) is 11.3 Å². The number of anilines is 3. The average Bonchev–Trinajstić information content (AvgIpc) is 3.37. The molecule has 40 heavy (non-hydrogen) atoms. The zero-order valence-electron chi connectivity index (χ0n) is 22.0. The molecular formula is C29H27ClN8O2. The van der Waals surface area contributed by atoms with Gasteiger partial charge in [-0.3, -0.25) is 9.78 Å². The lowest BCUT2D eigenvalue weighted by Crippen LogP contribution is -2.31. The largest absolute Gasteiger partial charge is 0.377 e. The van der Waals surface area contributed by atoms with Crippen molar-refractivity contribution in [2.45, 2.75) is 19.0 Å². The van der Waals surface area contributed by atoms with Crippen LogP contribution in [-0.2, 0) is 11.8 Å². The van der Waals surface area contributed by atoms with E-state index in [2.05, 4.69) is 38.6 Å². The van der Waals surface area contributed by atoms with Crippen LogP contribution in [0.5, 0.6) is 0 Å². The average molecular weight is 555 g/mol. The Morgan fingerprint density at radius 3 is 2.80 bits per heavy atom. The van der Waals surface area contributed by atoms with Crippen LogP contribution in [0.2, 0.25) is 5.02 Å². The Hall–Kier alpha value is -4.72. The van der Waals surface area contributed by atoms with Gasteiger partial charge in [0.05, 0.1) is 52.9 Å². The molecule has 5 rings (SSSR count). The lowest BCUT2D eigenvalue weighted by Gasteiger charge is -2.25. The van der Waals surface area contributed by atoms with Gasteiger partial charge in [0, 0.05) is 36.6 Å². The smallest absolute Gasteiger partial charge is 0.250 e. The van der Waals surface area contributed by atoms with E-state index in [1.807, 2.05) is 48.2 Å². The number of nitrogens with one attached hydrogen (secondary N) is 2. The fourth-order valence-electron chi connectivity index (χ4n) is 4.26. The maximum absolute atomic E-state index is 11.9. The summed E-state index contributed by atoms with van der Waals surface area (Å²) in [6.45, 7) is 7.42. The number of aromatic nitrogens is 5. The van der Waals surface area contributed by atoms with Crippen molar-refractivity contribution >= 4 is 39.6 Å². The molecule has 202 valence electrons. The van der Waals surface area contributed by atoms with Crippen molar-refractivity contribution in [3.63, 3.8) is 0 Å². The summed E-state index contributed by atoms with van der Waals surface area (Å²) in [5, 5.41) is 26.4. The maximum Gasteiger partial charge on any atom is 0.250 e. The minimum absolute atomic E-state index is 0.142. The first-order valence-corrected chi connectivity index (χ1v) is 13.0. The van der Waals surface area contributed by atoms with Gasteiger partial charge in [0.15, 0.2) is 0 Å². The molecule has 0 bridgehead atoms. The summed E-state index contributed by atoms with van der Waals surface area (Å²) in [5.41, 5.74) is 3.99. The topological polar surface area (TPSA) is 123 Å². The van der Waals surface area contributed by atoms with E-state index in [-0.39, 0.29) is 11.6 Å². The van der Waals surface area contributed by atoms with Gasteiger partial charge in [-0.25, -0.2) is 4.68 Å². The Bertz CT molecular complexity index is 1740. The van der Waals surface area contributed by atoms with E-state index in [9.17, 15) is 10.1 Å². The highest BCUT2D eigenvalue weighted by Gasteiger charge is 2.25. The Kier molecular flexibility index (Phi) is 7.77. The highest BCUT2D eigenvalue weighted by molar-refractivity contribution is 6.36. The molecule has 0 unspecified atom stereocenters. The van der Waals surface area contributed by atoms with Crippen molar-refractivity contribution < 1.29 is 4.74 Å². The van der Waals surface area contributed by atoms with Crippen LogP contribution in [0.3, 0.4) is 0 Å². The summed E-state index contributed by atoms with van der Waals surface area (Å²) >= 11 is 6.71. The summed E-state index contributed by atoms with van der Waals surface area (Å²) in [6.07, 6.45) is 12.7. The second-order valence-electron chi connectivity index (χ2n) is 9.36. The quantitative estimate of drug-likeness (QED) is 0.270. The van der Waals surface area contributed by atoms with E-state index in [0.717, 1.165) is 5.57 Å². The van der Waals surface area contributed by atoms with Crippen molar-refractivity contribution in [3.05, 3.63) is 106 Å². The Morgan fingerprint density at radius 2 is 2.10 bits per heavy atom. The SMILES string of the molecule is C=C(/C=C\C=C/C)[C@H](Nc1cc(Cl)c2ncc(C#N)c(Nc3ccc(=O)n(C)c3)c2c1)c1cn(C2COC2)nn1. The highest BCUT2D eigenvalue weighted by Crippen LogP contribution is 2.36. The van der Waals surface area contributed by atoms with Crippen LogP contribution in [-0.4, -0.2) is 37.8 Å². The molecule has 0 spiro atoms. The minimum atomic E-state index is -0.420. The predicted molar refractivity (Wildman–Crippen MR) is 156 cm³/mol. The Morgan fingerprint density at radius 1 is 1.27 bits per heavy atom. The van der Waals surface area contributed by atoms with Crippen LogP contribution >= 0.6 is 11.6 Å². The number of aryl methyl sites for hydroxylation is 1. The molecule has 1 aliphatic heterocycles. The number of hydrogen-bond acceptors (Lipinski definition) is 8. The van der Waals surface area contributed by atoms with Crippen LogP contribution in [0.4, 0.5) is 17.1 Å². The van der Waals surface area contributed by atoms with E-state index in [1.165, 1.54) is 16.8 Å². The molecular weight excluding hydrogens is 528 g/mol. The third kappa shape index (κ3) is 5.52. The second kappa shape index (κ2) is 11.6. The Labute approximate surface area is 235 Å². The zero-order valence-corrected chi connectivity index (χ0v) is 22.8. The summed E-state index contributed by atoms with van der Waals surface area (Å²) in [5.74, 6) is 0. The molecule has 4 heterocycles. The number of pyridine rings is 2. The first-order valence-electron chi connectivity index (χ1n) is 12.6. The van der Waals surface area contributed by atoms with Crippen molar-refractivity contribution in [1.29, 1.82) is 5.26 Å². The number of ether oxygens (including phenoxy) is 1. The number of allylic oxidation sites excluding steroid dienone is 3. The molecule has 10 nitrogen and oxygen atoms in total. The predicted octanol–water partition coefficient (Wildman–Crippen LogP) is 5.21. The molecule has 0 saturated carbocycles. The monoisotopic (exact) mass is 554 g/mol. The van der Waals surface area contributed by atoms with Gasteiger partial charge in [0.2, 0.25) is 5.56 Å². The van der Waals surface area contributed by atoms with Gasteiger partial charge in [-0.1, -0.05) is 47.7 Å². The van der Waals surface area contributed by atoms with Crippen LogP contribution in [0.25, 0.3) is 10.9 Å². The summed E-state index contributed by atoms with van der Waals surface area (Å²) < 4.78 is 8.56. The fourth-order valence-corrected chi connectivity index (χ4v) is 4.53. The van der Waals surface area contributed by atoms with Gasteiger partial charge in [0.25, 0.3) is 0 Å². The molecule has 1 aliphatic rings. The molecule has 2 N–H and O–H groups in total. The number of nitrogens with zero attached hydrogens (tertiary/aromatic N) is 6. The van der Waals surface area contributed by atoms with Gasteiger partial charge in [-0.05, 0) is 30.7 Å². The van der Waals surface area contributed by atoms with Crippen molar-refractivity contribution in [1.82, 2.24) is 24.5 Å². The number of benzene rings is 1. The van der Waals surface area contributed by atoms with Gasteiger partial charge < -0.3 is 19.9 Å². The molecule has 3 aromatic heterocycles.